The van der Waals surface area contributed by atoms with Crippen LogP contribution in [0.15, 0.2) is 11.6 Å². The van der Waals surface area contributed by atoms with Crippen LogP contribution < -0.4 is 10.8 Å². The van der Waals surface area contributed by atoms with Crippen molar-refractivity contribution >= 4 is 23.9 Å². The number of rotatable bonds is 8. The van der Waals surface area contributed by atoms with Gasteiger partial charge in [0.25, 0.3) is 11.8 Å². The van der Waals surface area contributed by atoms with Crippen molar-refractivity contribution in [3.8, 4) is 0 Å². The number of hydroxylamine groups is 3. The molecule has 3 amide bonds. The van der Waals surface area contributed by atoms with Crippen LogP contribution in [-0.2, 0) is 28.8 Å². The lowest BCUT2D eigenvalue weighted by Gasteiger charge is -2.28. The van der Waals surface area contributed by atoms with Gasteiger partial charge in [-0.1, -0.05) is 6.08 Å². The average Bonchev–Trinajstić information content (AvgIpc) is 3.25. The van der Waals surface area contributed by atoms with E-state index in [1.807, 2.05) is 0 Å². The molecule has 0 spiro atoms. The first-order valence-corrected chi connectivity index (χ1v) is 10.7. The Balaban J connectivity index is 0.000000604. The first kappa shape index (κ1) is 30.1. The number of halogens is 6. The molecule has 3 rings (SSSR count). The second-order valence-corrected chi connectivity index (χ2v) is 8.03. The lowest BCUT2D eigenvalue weighted by Crippen LogP contribution is -2.50. The quantitative estimate of drug-likeness (QED) is 0.174. The first-order valence-electron chi connectivity index (χ1n) is 10.7. The Morgan fingerprint density at radius 1 is 1.32 bits per heavy atom. The third-order valence-corrected chi connectivity index (χ3v) is 5.14. The van der Waals surface area contributed by atoms with Gasteiger partial charge in [0.2, 0.25) is 0 Å². The van der Waals surface area contributed by atoms with Crippen molar-refractivity contribution in [2.75, 3.05) is 26.3 Å². The molecule has 2 bridgehead atoms. The number of hydrogen-bond donors (Lipinski definition) is 3. The molecule has 0 aromatic heterocycles. The summed E-state index contributed by atoms with van der Waals surface area (Å²) in [4.78, 5) is 56.4. The van der Waals surface area contributed by atoms with E-state index in [0.29, 0.717) is 10.6 Å². The Labute approximate surface area is 205 Å². The van der Waals surface area contributed by atoms with Gasteiger partial charge in [-0.15, -0.1) is 0 Å². The van der Waals surface area contributed by atoms with E-state index < -0.39 is 73.4 Å². The second kappa shape index (κ2) is 12.0. The maximum absolute atomic E-state index is 13.9. The molecule has 3 aliphatic rings. The number of carbonyl (C=O) groups is 4. The van der Waals surface area contributed by atoms with Crippen LogP contribution in [0.2, 0.25) is 0 Å². The van der Waals surface area contributed by atoms with Crippen LogP contribution >= 0.6 is 0 Å². The summed E-state index contributed by atoms with van der Waals surface area (Å²) in [5.41, 5.74) is 2.64. The summed E-state index contributed by atoms with van der Waals surface area (Å²) in [6.07, 6.45) is -6.44. The number of carboxylic acid groups (broad SMARTS) is 1. The number of ether oxygens (including phenoxy) is 1. The van der Waals surface area contributed by atoms with Gasteiger partial charge >= 0.3 is 30.5 Å². The summed E-state index contributed by atoms with van der Waals surface area (Å²) in [5.74, 6) is -7.54. The van der Waals surface area contributed by atoms with Gasteiger partial charge < -0.3 is 20.1 Å². The Morgan fingerprint density at radius 2 is 1.95 bits per heavy atom. The van der Waals surface area contributed by atoms with Crippen molar-refractivity contribution in [1.29, 1.82) is 0 Å². The van der Waals surface area contributed by atoms with Crippen LogP contribution in [0.1, 0.15) is 20.3 Å². The minimum atomic E-state index is -5.08. The standard InChI is InChI=1S/C17H23F3N4O6.C2HF3O2/c1-3-28-15(26)13(18)30-24-11-4-9(2)12(23(6-11)16(24)27)14(25)22-29-7-10-5-17(19,20)8-21-10;3-2(4,5)1(6)7/h4,10-13,21H,3,5-8H2,1-2H3,(H,22,25);(H,6,7)/t10-,11+,12-,13+;/m0./s1. The molecule has 2 fully saturated rings. The molecule has 3 N–H and O–H groups in total. The molecule has 12 nitrogen and oxygen atoms in total. The number of amides is 3. The monoisotopic (exact) mass is 550 g/mol. The number of fused-ring (bicyclic) bond motifs is 2. The van der Waals surface area contributed by atoms with Gasteiger partial charge in [0, 0.05) is 12.5 Å². The summed E-state index contributed by atoms with van der Waals surface area (Å²) < 4.78 is 76.5. The molecule has 210 valence electrons. The van der Waals surface area contributed by atoms with Crippen molar-refractivity contribution in [2.24, 2.45) is 0 Å². The molecule has 0 aliphatic carbocycles. The first-order chi connectivity index (χ1) is 17.1. The average molecular weight is 550 g/mol. The highest BCUT2D eigenvalue weighted by Crippen LogP contribution is 2.30. The number of nitrogens with zero attached hydrogens (tertiary/aromatic N) is 2. The van der Waals surface area contributed by atoms with Gasteiger partial charge in [0.1, 0.15) is 6.04 Å². The number of aliphatic carboxylic acids is 1. The van der Waals surface area contributed by atoms with Crippen LogP contribution in [0.3, 0.4) is 0 Å². The maximum atomic E-state index is 13.9. The number of alkyl halides is 6. The fourth-order valence-corrected chi connectivity index (χ4v) is 3.61. The molecule has 0 saturated carbocycles. The fraction of sp³-hybridized carbons (Fsp3) is 0.684. The molecule has 3 aliphatic heterocycles. The highest BCUT2D eigenvalue weighted by molar-refractivity contribution is 5.91. The largest absolute Gasteiger partial charge is 0.490 e. The Hall–Kier alpha value is -3.12. The predicted octanol–water partition coefficient (Wildman–Crippen LogP) is 0.890. The minimum absolute atomic E-state index is 0.0280. The summed E-state index contributed by atoms with van der Waals surface area (Å²) in [7, 11) is 0. The molecule has 37 heavy (non-hydrogen) atoms. The number of urea groups is 1. The van der Waals surface area contributed by atoms with Crippen molar-refractivity contribution in [3.63, 3.8) is 0 Å². The third kappa shape index (κ3) is 7.93. The van der Waals surface area contributed by atoms with Crippen LogP contribution in [-0.4, -0.2) is 102 Å². The van der Waals surface area contributed by atoms with Crippen LogP contribution in [0, 0.1) is 0 Å². The molecular formula is C19H24F6N4O8. The van der Waals surface area contributed by atoms with Gasteiger partial charge in [-0.2, -0.15) is 18.2 Å². The number of hydrogen-bond acceptors (Lipinski definition) is 8. The predicted molar refractivity (Wildman–Crippen MR) is 107 cm³/mol. The topological polar surface area (TPSA) is 147 Å². The zero-order valence-corrected chi connectivity index (χ0v) is 19.4. The summed E-state index contributed by atoms with van der Waals surface area (Å²) in [6.45, 7) is 2.43. The van der Waals surface area contributed by atoms with Gasteiger partial charge in [-0.05, 0) is 19.4 Å². The molecule has 18 heteroatoms. The van der Waals surface area contributed by atoms with Crippen LogP contribution in [0.4, 0.5) is 31.1 Å². The molecule has 3 heterocycles. The van der Waals surface area contributed by atoms with Gasteiger partial charge in [0.15, 0.2) is 0 Å². The summed E-state index contributed by atoms with van der Waals surface area (Å²) >= 11 is 0. The molecule has 2 saturated heterocycles. The van der Waals surface area contributed by atoms with E-state index in [-0.39, 0.29) is 19.8 Å². The van der Waals surface area contributed by atoms with Crippen molar-refractivity contribution in [3.05, 3.63) is 11.6 Å². The van der Waals surface area contributed by atoms with E-state index in [0.717, 1.165) is 4.90 Å². The minimum Gasteiger partial charge on any atom is -0.475 e. The normalized spacial score (nSPS) is 25.1. The zero-order valence-electron chi connectivity index (χ0n) is 19.4. The third-order valence-electron chi connectivity index (χ3n) is 5.14. The van der Waals surface area contributed by atoms with Gasteiger partial charge in [0.05, 0.1) is 32.3 Å². The zero-order chi connectivity index (χ0) is 28.1. The highest BCUT2D eigenvalue weighted by atomic mass is 19.4. The fourth-order valence-electron chi connectivity index (χ4n) is 3.61. The lowest BCUT2D eigenvalue weighted by atomic mass is 10.0. The molecule has 0 aromatic rings. The lowest BCUT2D eigenvalue weighted by molar-refractivity contribution is -0.223. The number of carbonyl (C=O) groups excluding carboxylic acids is 3. The SMILES string of the molecule is CCOC(=O)[C@H](F)ON1C(=O)N2C[C@H]1C=C(C)[C@H]2C(=O)NOC[C@@H]1CC(F)(F)CN1.O=C(O)C(F)(F)F. The van der Waals surface area contributed by atoms with Gasteiger partial charge in [-0.3, -0.25) is 9.63 Å². The van der Waals surface area contributed by atoms with Crippen LogP contribution in [0.5, 0.6) is 0 Å². The molecule has 0 radical (unpaired) electrons. The number of carboxylic acids is 1. The summed E-state index contributed by atoms with van der Waals surface area (Å²) in [6, 6.07) is -3.17. The van der Waals surface area contributed by atoms with E-state index in [2.05, 4.69) is 15.5 Å². The van der Waals surface area contributed by atoms with E-state index in [4.69, 9.17) is 19.6 Å². The highest BCUT2D eigenvalue weighted by Gasteiger charge is 2.49. The molecule has 4 atom stereocenters. The van der Waals surface area contributed by atoms with E-state index in [9.17, 15) is 40.7 Å². The van der Waals surface area contributed by atoms with Gasteiger partial charge in [-0.25, -0.2) is 37.9 Å². The number of nitrogens with one attached hydrogen (secondary N) is 2. The second-order valence-electron chi connectivity index (χ2n) is 8.03. The van der Waals surface area contributed by atoms with Crippen LogP contribution in [0.25, 0.3) is 0 Å². The molecule has 0 aromatic carbocycles. The van der Waals surface area contributed by atoms with Crippen molar-refractivity contribution < 1.29 is 65.0 Å². The van der Waals surface area contributed by atoms with E-state index in [1.54, 1.807) is 13.0 Å². The molecule has 0 unspecified atom stereocenters. The van der Waals surface area contributed by atoms with Crippen molar-refractivity contribution in [1.82, 2.24) is 20.8 Å². The smallest absolute Gasteiger partial charge is 0.475 e. The van der Waals surface area contributed by atoms with Crippen molar-refractivity contribution in [2.45, 2.75) is 56.9 Å². The maximum Gasteiger partial charge on any atom is 0.490 e. The van der Waals surface area contributed by atoms with E-state index >= 15 is 0 Å². The number of esters is 1. The Kier molecular flexibility index (Phi) is 9.72. The summed E-state index contributed by atoms with van der Waals surface area (Å²) in [5, 5.41) is 10.4. The molecular weight excluding hydrogens is 526 g/mol. The van der Waals surface area contributed by atoms with E-state index in [1.165, 1.54) is 6.92 Å². The Morgan fingerprint density at radius 3 is 2.46 bits per heavy atom. The Bertz CT molecular complexity index is 917.